The number of aromatic amines is 1. The van der Waals surface area contributed by atoms with Crippen LogP contribution in [0, 0.1) is 0 Å². The van der Waals surface area contributed by atoms with E-state index < -0.39 is 7.25 Å². The summed E-state index contributed by atoms with van der Waals surface area (Å²) >= 11 is 0. The van der Waals surface area contributed by atoms with Gasteiger partial charge in [0.25, 0.3) is 0 Å². The predicted molar refractivity (Wildman–Crippen MR) is 35.7 cm³/mol. The van der Waals surface area contributed by atoms with Crippen molar-refractivity contribution in [1.82, 2.24) is 0 Å². The van der Waals surface area contributed by atoms with Crippen LogP contribution in [0.1, 0.15) is 0 Å². The number of pyridine rings is 1. The minimum absolute atomic E-state index is 0. The van der Waals surface area contributed by atoms with Crippen LogP contribution < -0.4 is 4.98 Å². The van der Waals surface area contributed by atoms with Gasteiger partial charge in [-0.15, -0.1) is 0 Å². The van der Waals surface area contributed by atoms with Crippen molar-refractivity contribution in [3.63, 3.8) is 0 Å². The molecule has 0 atom stereocenters. The van der Waals surface area contributed by atoms with E-state index in [4.69, 9.17) is 0 Å². The molecule has 1 aromatic rings. The lowest BCUT2D eigenvalue weighted by molar-refractivity contribution is -0.377. The molecule has 12 heavy (non-hydrogen) atoms. The van der Waals surface area contributed by atoms with Crippen LogP contribution in [0.15, 0.2) is 30.6 Å². The van der Waals surface area contributed by atoms with Gasteiger partial charge in [0.2, 0.25) is 0 Å². The molecule has 1 N–H and O–H groups in total. The van der Waals surface area contributed by atoms with Crippen molar-refractivity contribution in [3.8, 4) is 0 Å². The third kappa shape index (κ3) is 23.2. The third-order valence-electron chi connectivity index (χ3n) is 0.607. The zero-order valence-electron chi connectivity index (χ0n) is 5.88. The van der Waals surface area contributed by atoms with Gasteiger partial charge < -0.3 is 17.3 Å². The zero-order valence-corrected chi connectivity index (χ0v) is 5.88. The summed E-state index contributed by atoms with van der Waals surface area (Å²) in [6.45, 7) is 0. The number of hydrogen-bond acceptors (Lipinski definition) is 0. The van der Waals surface area contributed by atoms with Gasteiger partial charge in [0, 0.05) is 12.1 Å². The number of H-pyrrole nitrogens is 1. The van der Waals surface area contributed by atoms with Gasteiger partial charge >= 0.3 is 7.25 Å². The summed E-state index contributed by atoms with van der Waals surface area (Å²) in [5.74, 6) is 0. The second-order valence-corrected chi connectivity index (χ2v) is 1.57. The average Bonchev–Trinajstić information content (AvgIpc) is 1.88. The molecule has 0 spiro atoms. The van der Waals surface area contributed by atoms with E-state index in [2.05, 4.69) is 4.98 Å². The van der Waals surface area contributed by atoms with Crippen LogP contribution in [-0.4, -0.2) is 7.25 Å². The molecule has 0 bridgehead atoms. The van der Waals surface area contributed by atoms with E-state index in [0.29, 0.717) is 0 Å². The fraction of sp³-hybridized carbons (Fsp3) is 0. The van der Waals surface area contributed by atoms with Crippen LogP contribution in [0.5, 0.6) is 0 Å². The first-order valence-corrected chi connectivity index (χ1v) is 2.78. The van der Waals surface area contributed by atoms with E-state index in [1.807, 2.05) is 30.6 Å². The normalized spacial score (nSPS) is 9.00. The highest BCUT2D eigenvalue weighted by molar-refractivity contribution is 6.50. The highest BCUT2D eigenvalue weighted by atomic mass is 19.5. The van der Waals surface area contributed by atoms with E-state index in [1.54, 1.807) is 0 Å². The SMILES string of the molecule is F.F[B-](F)(F)F.c1cc[nH+]cc1. The molecule has 70 valence electrons. The van der Waals surface area contributed by atoms with Gasteiger partial charge in [0.05, 0.1) is 0 Å². The van der Waals surface area contributed by atoms with Crippen LogP contribution in [-0.2, 0) is 0 Å². The summed E-state index contributed by atoms with van der Waals surface area (Å²) in [6.07, 6.45) is 3.75. The highest BCUT2D eigenvalue weighted by Gasteiger charge is 2.20. The van der Waals surface area contributed by atoms with E-state index in [0.717, 1.165) is 0 Å². The number of aromatic nitrogens is 1. The smallest absolute Gasteiger partial charge is 0.418 e. The number of rotatable bonds is 0. The molecule has 0 saturated heterocycles. The Morgan fingerprint density at radius 3 is 1.25 bits per heavy atom. The van der Waals surface area contributed by atoms with Crippen LogP contribution in [0.3, 0.4) is 0 Å². The molecule has 1 nitrogen and oxygen atoms in total. The summed E-state index contributed by atoms with van der Waals surface area (Å²) in [6, 6.07) is 5.86. The Labute approximate surface area is 65.9 Å². The first kappa shape index (κ1) is 13.5. The van der Waals surface area contributed by atoms with Gasteiger partial charge in [-0.25, -0.2) is 4.98 Å². The Bertz CT molecular complexity index is 144. The molecule has 0 aliphatic rings. The molecule has 1 heterocycles. The second kappa shape index (κ2) is 6.57. The fourth-order valence-corrected chi connectivity index (χ4v) is 0.342. The maximum Gasteiger partial charge on any atom is 0.673 e. The first-order chi connectivity index (χ1) is 5.00. The van der Waals surface area contributed by atoms with Crippen molar-refractivity contribution in [3.05, 3.63) is 30.6 Å². The number of nitrogens with one attached hydrogen (secondary N) is 1. The van der Waals surface area contributed by atoms with E-state index in [9.17, 15) is 17.3 Å². The van der Waals surface area contributed by atoms with Crippen LogP contribution in [0.2, 0.25) is 0 Å². The molecule has 0 aromatic carbocycles. The summed E-state index contributed by atoms with van der Waals surface area (Å²) in [4.78, 5) is 2.89. The first-order valence-electron chi connectivity index (χ1n) is 2.78. The van der Waals surface area contributed by atoms with E-state index in [1.165, 1.54) is 0 Å². The lowest BCUT2D eigenvalue weighted by atomic mass is 10.3. The third-order valence-corrected chi connectivity index (χ3v) is 0.607. The minimum atomic E-state index is -6.00. The lowest BCUT2D eigenvalue weighted by Crippen LogP contribution is -2.02. The lowest BCUT2D eigenvalue weighted by Gasteiger charge is -1.94. The molecule has 0 amide bonds. The average molecular weight is 187 g/mol. The number of halogens is 5. The van der Waals surface area contributed by atoms with E-state index in [-0.39, 0.29) is 4.70 Å². The molecular formula is C5H7BF5N. The second-order valence-electron chi connectivity index (χ2n) is 1.57. The maximum atomic E-state index is 9.75. The molecule has 0 radical (unpaired) electrons. The van der Waals surface area contributed by atoms with Crippen LogP contribution in [0.25, 0.3) is 0 Å². The predicted octanol–water partition coefficient (Wildman–Crippen LogP) is 1.95. The van der Waals surface area contributed by atoms with Gasteiger partial charge in [-0.2, -0.15) is 0 Å². The van der Waals surface area contributed by atoms with Crippen LogP contribution in [0.4, 0.5) is 22.0 Å². The fourth-order valence-electron chi connectivity index (χ4n) is 0.342. The standard InChI is InChI=1S/C5H5N.BF4.FH/c1-2-4-6-5-3-1;2-1(3,4)5;/h1-5H;;1H/q;-1;/p+1. The molecule has 0 saturated carbocycles. The molecule has 0 unspecified atom stereocenters. The monoisotopic (exact) mass is 187 g/mol. The van der Waals surface area contributed by atoms with Crippen LogP contribution >= 0.6 is 0 Å². The summed E-state index contributed by atoms with van der Waals surface area (Å²) in [7, 11) is -6.00. The Morgan fingerprint density at radius 1 is 0.833 bits per heavy atom. The topological polar surface area (TPSA) is 14.1 Å². The number of hydrogen-bond donors (Lipinski definition) is 0. The molecule has 0 aliphatic carbocycles. The molecular weight excluding hydrogens is 180 g/mol. The summed E-state index contributed by atoms with van der Waals surface area (Å²) in [5.41, 5.74) is 0. The zero-order chi connectivity index (χ0) is 8.74. The van der Waals surface area contributed by atoms with Crippen molar-refractivity contribution in [2.24, 2.45) is 0 Å². The van der Waals surface area contributed by atoms with Gasteiger partial charge in [0.1, 0.15) is 0 Å². The van der Waals surface area contributed by atoms with Crippen molar-refractivity contribution >= 4 is 7.25 Å². The maximum absolute atomic E-state index is 9.75. The van der Waals surface area contributed by atoms with Crippen molar-refractivity contribution in [2.75, 3.05) is 0 Å². The molecule has 7 heteroatoms. The Kier molecular flexibility index (Phi) is 7.36. The van der Waals surface area contributed by atoms with Crippen molar-refractivity contribution in [1.29, 1.82) is 0 Å². The minimum Gasteiger partial charge on any atom is -0.418 e. The van der Waals surface area contributed by atoms with Gasteiger partial charge in [-0.1, -0.05) is 6.07 Å². The molecule has 0 fully saturated rings. The van der Waals surface area contributed by atoms with Crippen molar-refractivity contribution in [2.45, 2.75) is 0 Å². The Morgan fingerprint density at radius 2 is 1.17 bits per heavy atom. The molecule has 1 aromatic heterocycles. The highest BCUT2D eigenvalue weighted by Crippen LogP contribution is 2.06. The Balaban J connectivity index is 0. The largest absolute Gasteiger partial charge is 0.673 e. The summed E-state index contributed by atoms with van der Waals surface area (Å²) < 4.78 is 39.0. The van der Waals surface area contributed by atoms with Crippen molar-refractivity contribution < 1.29 is 27.0 Å². The molecule has 0 aliphatic heterocycles. The van der Waals surface area contributed by atoms with Gasteiger partial charge in [-0.05, 0) is 0 Å². The summed E-state index contributed by atoms with van der Waals surface area (Å²) in [5, 5.41) is 0. The van der Waals surface area contributed by atoms with E-state index >= 15 is 0 Å². The molecule has 1 rings (SSSR count). The van der Waals surface area contributed by atoms with Gasteiger partial charge in [0.15, 0.2) is 12.4 Å². The van der Waals surface area contributed by atoms with Gasteiger partial charge in [-0.3, -0.25) is 4.70 Å². The Hall–Kier alpha value is -1.14. The quantitative estimate of drug-likeness (QED) is 0.435.